The minimum absolute atomic E-state index is 0.720. The standard InChI is InChI=1S/C22H21NOS/c1-17-6-12-22(13-7-17)25(24)23-16-20-10-8-19(9-11-20)15-21-5-3-4-18(2)14-21/h3-14,16H,15H2,1-2H3/b23-16+. The number of aryl methyl sites for hydroxylation is 2. The van der Waals surface area contributed by atoms with Gasteiger partial charge < -0.3 is 4.55 Å². The highest BCUT2D eigenvalue weighted by Crippen LogP contribution is 2.14. The Morgan fingerprint density at radius 1 is 0.840 bits per heavy atom. The summed E-state index contributed by atoms with van der Waals surface area (Å²) in [7, 11) is 0. The highest BCUT2D eigenvalue weighted by Gasteiger charge is 2.08. The SMILES string of the molecule is Cc1ccc([S+]([O-])/N=C/c2ccc(Cc3cccc(C)c3)cc2)cc1. The quantitative estimate of drug-likeness (QED) is 0.470. The van der Waals surface area contributed by atoms with Gasteiger partial charge in [0.2, 0.25) is 0 Å². The van der Waals surface area contributed by atoms with Crippen molar-refractivity contribution in [2.45, 2.75) is 25.2 Å². The van der Waals surface area contributed by atoms with Gasteiger partial charge in [0.1, 0.15) is 11.4 Å². The van der Waals surface area contributed by atoms with E-state index < -0.39 is 11.4 Å². The van der Waals surface area contributed by atoms with Crippen molar-refractivity contribution in [3.8, 4) is 0 Å². The van der Waals surface area contributed by atoms with Crippen LogP contribution in [0.5, 0.6) is 0 Å². The molecule has 3 aromatic rings. The molecular weight excluding hydrogens is 326 g/mol. The van der Waals surface area contributed by atoms with E-state index >= 15 is 0 Å². The highest BCUT2D eigenvalue weighted by molar-refractivity contribution is 7.90. The first-order valence-corrected chi connectivity index (χ1v) is 9.38. The van der Waals surface area contributed by atoms with E-state index in [2.05, 4.69) is 47.7 Å². The minimum atomic E-state index is -1.36. The van der Waals surface area contributed by atoms with Gasteiger partial charge in [-0.25, -0.2) is 0 Å². The van der Waals surface area contributed by atoms with Crippen LogP contribution in [0.3, 0.4) is 0 Å². The van der Waals surface area contributed by atoms with Gasteiger partial charge in [-0.3, -0.25) is 0 Å². The summed E-state index contributed by atoms with van der Waals surface area (Å²) in [6.07, 6.45) is 2.58. The fourth-order valence-corrected chi connectivity index (χ4v) is 3.31. The minimum Gasteiger partial charge on any atom is -0.586 e. The molecule has 3 heteroatoms. The van der Waals surface area contributed by atoms with E-state index in [9.17, 15) is 4.55 Å². The number of hydrogen-bond acceptors (Lipinski definition) is 2. The van der Waals surface area contributed by atoms with E-state index in [4.69, 9.17) is 0 Å². The lowest BCUT2D eigenvalue weighted by atomic mass is 10.0. The molecule has 0 radical (unpaired) electrons. The molecule has 0 amide bonds. The second kappa shape index (κ2) is 8.15. The van der Waals surface area contributed by atoms with Crippen molar-refractivity contribution in [2.75, 3.05) is 0 Å². The molecule has 0 N–H and O–H groups in total. The van der Waals surface area contributed by atoms with Gasteiger partial charge in [-0.15, -0.1) is 0 Å². The summed E-state index contributed by atoms with van der Waals surface area (Å²) in [4.78, 5) is 0.720. The van der Waals surface area contributed by atoms with Gasteiger partial charge in [0.25, 0.3) is 0 Å². The lowest BCUT2D eigenvalue weighted by Gasteiger charge is -2.04. The number of rotatable bonds is 5. The summed E-state index contributed by atoms with van der Waals surface area (Å²) in [6, 6.07) is 24.4. The van der Waals surface area contributed by atoms with Gasteiger partial charge in [-0.1, -0.05) is 76.2 Å². The van der Waals surface area contributed by atoms with Gasteiger partial charge in [0, 0.05) is 0 Å². The van der Waals surface area contributed by atoms with Gasteiger partial charge in [-0.05, 0) is 49.1 Å². The van der Waals surface area contributed by atoms with Gasteiger partial charge in [-0.2, -0.15) is 0 Å². The van der Waals surface area contributed by atoms with Gasteiger partial charge in [0.15, 0.2) is 4.90 Å². The molecule has 25 heavy (non-hydrogen) atoms. The molecule has 0 aliphatic rings. The van der Waals surface area contributed by atoms with Crippen molar-refractivity contribution < 1.29 is 4.55 Å². The van der Waals surface area contributed by atoms with E-state index in [0.29, 0.717) is 0 Å². The van der Waals surface area contributed by atoms with Crippen LogP contribution < -0.4 is 0 Å². The Balaban J connectivity index is 1.64. The predicted molar refractivity (Wildman–Crippen MR) is 106 cm³/mol. The van der Waals surface area contributed by atoms with Crippen molar-refractivity contribution in [3.63, 3.8) is 0 Å². The first-order chi connectivity index (χ1) is 12.1. The summed E-state index contributed by atoms with van der Waals surface area (Å²) in [6.45, 7) is 4.12. The first kappa shape index (κ1) is 17.5. The average Bonchev–Trinajstić information content (AvgIpc) is 2.61. The smallest absolute Gasteiger partial charge is 0.182 e. The van der Waals surface area contributed by atoms with E-state index in [-0.39, 0.29) is 0 Å². The molecule has 1 atom stereocenters. The topological polar surface area (TPSA) is 35.4 Å². The first-order valence-electron chi connectivity index (χ1n) is 8.27. The van der Waals surface area contributed by atoms with Crippen LogP contribution in [0.1, 0.15) is 27.8 Å². The summed E-state index contributed by atoms with van der Waals surface area (Å²) >= 11 is -1.36. The van der Waals surface area contributed by atoms with Crippen LogP contribution in [-0.4, -0.2) is 10.8 Å². The third-order valence-corrected chi connectivity index (χ3v) is 4.96. The van der Waals surface area contributed by atoms with E-state index in [1.54, 1.807) is 6.21 Å². The average molecular weight is 347 g/mol. The van der Waals surface area contributed by atoms with Crippen molar-refractivity contribution in [1.82, 2.24) is 0 Å². The Hall–Kier alpha value is -2.36. The zero-order valence-corrected chi connectivity index (χ0v) is 15.3. The second-order valence-electron chi connectivity index (χ2n) is 6.20. The van der Waals surface area contributed by atoms with Crippen molar-refractivity contribution in [2.24, 2.45) is 4.40 Å². The van der Waals surface area contributed by atoms with Crippen LogP contribution in [0, 0.1) is 13.8 Å². The molecule has 0 bridgehead atoms. The molecule has 0 saturated heterocycles. The fraction of sp³-hybridized carbons (Fsp3) is 0.136. The van der Waals surface area contributed by atoms with Crippen molar-refractivity contribution in [1.29, 1.82) is 0 Å². The fourth-order valence-electron chi connectivity index (χ4n) is 2.60. The molecule has 0 aliphatic heterocycles. The molecule has 2 nitrogen and oxygen atoms in total. The predicted octanol–water partition coefficient (Wildman–Crippen LogP) is 5.04. The summed E-state index contributed by atoms with van der Waals surface area (Å²) < 4.78 is 16.3. The number of hydrogen-bond donors (Lipinski definition) is 0. The Morgan fingerprint density at radius 3 is 2.24 bits per heavy atom. The Bertz CT molecular complexity index is 854. The number of benzene rings is 3. The maximum Gasteiger partial charge on any atom is 0.182 e. The largest absolute Gasteiger partial charge is 0.586 e. The molecular formula is C22H21NOS. The Kier molecular flexibility index (Phi) is 5.69. The second-order valence-corrected chi connectivity index (χ2v) is 7.38. The summed E-state index contributed by atoms with van der Waals surface area (Å²) in [5.41, 5.74) is 5.94. The lowest BCUT2D eigenvalue weighted by Crippen LogP contribution is -1.98. The normalized spacial score (nSPS) is 12.4. The van der Waals surface area contributed by atoms with Gasteiger partial charge >= 0.3 is 0 Å². The van der Waals surface area contributed by atoms with Crippen LogP contribution in [0.4, 0.5) is 0 Å². The summed E-state index contributed by atoms with van der Waals surface area (Å²) in [5.74, 6) is 0. The zero-order valence-electron chi connectivity index (χ0n) is 14.5. The van der Waals surface area contributed by atoms with E-state index in [1.165, 1.54) is 16.7 Å². The van der Waals surface area contributed by atoms with Crippen LogP contribution in [0.25, 0.3) is 0 Å². The summed E-state index contributed by atoms with van der Waals surface area (Å²) in [5, 5.41) is 0. The highest BCUT2D eigenvalue weighted by atomic mass is 32.2. The number of nitrogens with zero attached hydrogens (tertiary/aromatic N) is 1. The van der Waals surface area contributed by atoms with Gasteiger partial charge in [0.05, 0.1) is 6.21 Å². The molecule has 0 heterocycles. The van der Waals surface area contributed by atoms with Crippen LogP contribution in [-0.2, 0) is 17.8 Å². The molecule has 1 unspecified atom stereocenters. The molecule has 3 aromatic carbocycles. The van der Waals surface area contributed by atoms with Crippen LogP contribution in [0.2, 0.25) is 0 Å². The lowest BCUT2D eigenvalue weighted by molar-refractivity contribution is 0.597. The third kappa shape index (κ3) is 5.05. The van der Waals surface area contributed by atoms with Crippen molar-refractivity contribution in [3.05, 3.63) is 101 Å². The molecule has 0 fully saturated rings. The van der Waals surface area contributed by atoms with E-state index in [1.807, 2.05) is 43.3 Å². The molecule has 3 rings (SSSR count). The molecule has 126 valence electrons. The van der Waals surface area contributed by atoms with Crippen LogP contribution in [0.15, 0.2) is 82.1 Å². The Morgan fingerprint density at radius 2 is 1.56 bits per heavy atom. The maximum atomic E-state index is 12.2. The maximum absolute atomic E-state index is 12.2. The monoisotopic (exact) mass is 347 g/mol. The van der Waals surface area contributed by atoms with E-state index in [0.717, 1.165) is 22.4 Å². The van der Waals surface area contributed by atoms with Crippen LogP contribution >= 0.6 is 0 Å². The molecule has 0 spiro atoms. The Labute approximate surface area is 152 Å². The molecule has 0 saturated carbocycles. The van der Waals surface area contributed by atoms with Crippen molar-refractivity contribution >= 4 is 17.6 Å². The molecule has 0 aromatic heterocycles. The third-order valence-electron chi connectivity index (χ3n) is 3.99. The molecule has 0 aliphatic carbocycles. The zero-order chi connectivity index (χ0) is 17.6.